The number of nitrogens with zero attached hydrogens (tertiary/aromatic N) is 1. The first-order chi connectivity index (χ1) is 7.89. The van der Waals surface area contributed by atoms with Crippen LogP contribution in [0.25, 0.3) is 0 Å². The summed E-state index contributed by atoms with van der Waals surface area (Å²) >= 11 is 0. The Bertz CT molecular complexity index is 372. The van der Waals surface area contributed by atoms with Crippen LogP contribution < -0.4 is 5.73 Å². The molecular weight excluding hydrogens is 208 g/mol. The summed E-state index contributed by atoms with van der Waals surface area (Å²) in [5.74, 6) is 0.723. The number of nitrogens with two attached hydrogens (primary N) is 1. The van der Waals surface area contributed by atoms with Gasteiger partial charge in [-0.05, 0) is 48.6 Å². The third kappa shape index (κ3) is 3.29. The Morgan fingerprint density at radius 2 is 2.18 bits per heavy atom. The summed E-state index contributed by atoms with van der Waals surface area (Å²) in [4.78, 5) is 4.18. The van der Waals surface area contributed by atoms with Gasteiger partial charge in [0.1, 0.15) is 0 Å². The van der Waals surface area contributed by atoms with Crippen molar-refractivity contribution in [1.29, 1.82) is 0 Å². The van der Waals surface area contributed by atoms with Gasteiger partial charge >= 0.3 is 0 Å². The maximum absolute atomic E-state index is 6.63. The number of hydrogen-bond acceptors (Lipinski definition) is 2. The lowest BCUT2D eigenvalue weighted by Gasteiger charge is -2.45. The normalized spacial score (nSPS) is 32.4. The number of rotatable bonds is 2. The minimum atomic E-state index is -0.0514. The molecule has 0 radical (unpaired) electrons. The van der Waals surface area contributed by atoms with Crippen molar-refractivity contribution >= 4 is 0 Å². The SMILES string of the molecule is CC1CC(C)(C)CC(N)(Cc2cccnc2)C1. The lowest BCUT2D eigenvalue weighted by molar-refractivity contribution is 0.108. The summed E-state index contributed by atoms with van der Waals surface area (Å²) in [6.45, 7) is 7.01. The monoisotopic (exact) mass is 232 g/mol. The highest BCUT2D eigenvalue weighted by atomic mass is 14.8. The van der Waals surface area contributed by atoms with Crippen LogP contribution in [0.2, 0.25) is 0 Å². The first-order valence-electron chi connectivity index (χ1n) is 6.56. The molecule has 1 saturated carbocycles. The van der Waals surface area contributed by atoms with E-state index < -0.39 is 0 Å². The van der Waals surface area contributed by atoms with Crippen molar-refractivity contribution in [3.63, 3.8) is 0 Å². The van der Waals surface area contributed by atoms with Gasteiger partial charge in [-0.3, -0.25) is 4.98 Å². The lowest BCUT2D eigenvalue weighted by Crippen LogP contribution is -2.50. The zero-order valence-electron chi connectivity index (χ0n) is 11.2. The van der Waals surface area contributed by atoms with Crippen LogP contribution in [-0.2, 0) is 6.42 Å². The molecule has 2 nitrogen and oxygen atoms in total. The molecule has 17 heavy (non-hydrogen) atoms. The van der Waals surface area contributed by atoms with Crippen LogP contribution in [0.5, 0.6) is 0 Å². The minimum absolute atomic E-state index is 0.0514. The van der Waals surface area contributed by atoms with Gasteiger partial charge in [-0.1, -0.05) is 26.8 Å². The van der Waals surface area contributed by atoms with Gasteiger partial charge in [0.05, 0.1) is 0 Å². The Morgan fingerprint density at radius 1 is 1.41 bits per heavy atom. The van der Waals surface area contributed by atoms with E-state index in [1.165, 1.54) is 12.0 Å². The van der Waals surface area contributed by atoms with Crippen molar-refractivity contribution in [1.82, 2.24) is 4.98 Å². The van der Waals surface area contributed by atoms with Gasteiger partial charge in [0.25, 0.3) is 0 Å². The fourth-order valence-corrected chi connectivity index (χ4v) is 3.85. The van der Waals surface area contributed by atoms with Gasteiger partial charge in [0.15, 0.2) is 0 Å². The summed E-state index contributed by atoms with van der Waals surface area (Å²) in [6.07, 6.45) is 8.25. The van der Waals surface area contributed by atoms with Crippen LogP contribution in [0.3, 0.4) is 0 Å². The number of aromatic nitrogens is 1. The molecule has 1 aromatic rings. The fraction of sp³-hybridized carbons (Fsp3) is 0.667. The molecule has 0 amide bonds. The number of hydrogen-bond donors (Lipinski definition) is 1. The van der Waals surface area contributed by atoms with E-state index in [1.54, 1.807) is 0 Å². The van der Waals surface area contributed by atoms with Crippen LogP contribution in [-0.4, -0.2) is 10.5 Å². The van der Waals surface area contributed by atoms with Crippen LogP contribution in [0, 0.1) is 11.3 Å². The maximum Gasteiger partial charge on any atom is 0.0300 e. The smallest absolute Gasteiger partial charge is 0.0300 e. The predicted octanol–water partition coefficient (Wildman–Crippen LogP) is 3.17. The van der Waals surface area contributed by atoms with E-state index in [0.717, 1.165) is 25.2 Å². The van der Waals surface area contributed by atoms with E-state index in [-0.39, 0.29) is 5.54 Å². The van der Waals surface area contributed by atoms with Crippen molar-refractivity contribution in [3.05, 3.63) is 30.1 Å². The highest BCUT2D eigenvalue weighted by molar-refractivity contribution is 5.14. The molecule has 2 rings (SSSR count). The summed E-state index contributed by atoms with van der Waals surface area (Å²) in [7, 11) is 0. The first kappa shape index (κ1) is 12.6. The topological polar surface area (TPSA) is 38.9 Å². The molecule has 2 unspecified atom stereocenters. The van der Waals surface area contributed by atoms with E-state index in [4.69, 9.17) is 5.73 Å². The van der Waals surface area contributed by atoms with E-state index in [1.807, 2.05) is 18.5 Å². The fourth-order valence-electron chi connectivity index (χ4n) is 3.85. The summed E-state index contributed by atoms with van der Waals surface area (Å²) in [5.41, 5.74) is 8.21. The van der Waals surface area contributed by atoms with E-state index in [9.17, 15) is 0 Å². The third-order valence-electron chi connectivity index (χ3n) is 3.77. The van der Waals surface area contributed by atoms with E-state index >= 15 is 0 Å². The van der Waals surface area contributed by atoms with Crippen molar-refractivity contribution in [2.45, 2.75) is 52.0 Å². The molecule has 1 aliphatic carbocycles. The van der Waals surface area contributed by atoms with Gasteiger partial charge in [-0.25, -0.2) is 0 Å². The second-order valence-electron chi connectivity index (χ2n) is 6.75. The molecule has 0 aliphatic heterocycles. The van der Waals surface area contributed by atoms with Crippen molar-refractivity contribution in [2.24, 2.45) is 17.1 Å². The summed E-state index contributed by atoms with van der Waals surface area (Å²) in [5, 5.41) is 0. The Morgan fingerprint density at radius 3 is 2.76 bits per heavy atom. The van der Waals surface area contributed by atoms with Gasteiger partial charge in [0, 0.05) is 17.9 Å². The molecule has 0 aromatic carbocycles. The lowest BCUT2D eigenvalue weighted by atomic mass is 9.63. The van der Waals surface area contributed by atoms with Gasteiger partial charge in [-0.2, -0.15) is 0 Å². The molecular formula is C15H24N2. The molecule has 1 aromatic heterocycles. The van der Waals surface area contributed by atoms with E-state index in [0.29, 0.717) is 5.41 Å². The molecule has 1 aliphatic rings. The quantitative estimate of drug-likeness (QED) is 0.850. The highest BCUT2D eigenvalue weighted by Gasteiger charge is 2.40. The largest absolute Gasteiger partial charge is 0.325 e. The second-order valence-corrected chi connectivity index (χ2v) is 6.75. The van der Waals surface area contributed by atoms with Crippen LogP contribution in [0.4, 0.5) is 0 Å². The molecule has 1 heterocycles. The molecule has 2 N–H and O–H groups in total. The average molecular weight is 232 g/mol. The average Bonchev–Trinajstić information content (AvgIpc) is 2.13. The standard InChI is InChI=1S/C15H24N2/c1-12-7-14(2,3)11-15(16,8-12)9-13-5-4-6-17-10-13/h4-6,10,12H,7-9,11,16H2,1-3H3. The summed E-state index contributed by atoms with van der Waals surface area (Å²) in [6, 6.07) is 4.13. The van der Waals surface area contributed by atoms with Gasteiger partial charge in [-0.15, -0.1) is 0 Å². The van der Waals surface area contributed by atoms with Crippen molar-refractivity contribution in [3.8, 4) is 0 Å². The van der Waals surface area contributed by atoms with Crippen molar-refractivity contribution < 1.29 is 0 Å². The molecule has 0 saturated heterocycles. The summed E-state index contributed by atoms with van der Waals surface area (Å²) < 4.78 is 0. The van der Waals surface area contributed by atoms with Gasteiger partial charge in [0.2, 0.25) is 0 Å². The minimum Gasteiger partial charge on any atom is -0.325 e. The first-order valence-corrected chi connectivity index (χ1v) is 6.56. The molecule has 2 heteroatoms. The number of pyridine rings is 1. The Labute approximate surface area is 105 Å². The van der Waals surface area contributed by atoms with Crippen LogP contribution >= 0.6 is 0 Å². The molecule has 94 valence electrons. The van der Waals surface area contributed by atoms with E-state index in [2.05, 4.69) is 31.8 Å². The predicted molar refractivity (Wildman–Crippen MR) is 71.7 cm³/mol. The Balaban J connectivity index is 2.13. The Hall–Kier alpha value is -0.890. The zero-order chi connectivity index (χ0) is 12.5. The van der Waals surface area contributed by atoms with Crippen LogP contribution in [0.15, 0.2) is 24.5 Å². The second kappa shape index (κ2) is 4.41. The van der Waals surface area contributed by atoms with Gasteiger partial charge < -0.3 is 5.73 Å². The Kier molecular flexibility index (Phi) is 3.26. The highest BCUT2D eigenvalue weighted by Crippen LogP contribution is 2.43. The third-order valence-corrected chi connectivity index (χ3v) is 3.77. The molecule has 2 atom stereocenters. The molecule has 0 bridgehead atoms. The van der Waals surface area contributed by atoms with Crippen LogP contribution in [0.1, 0.15) is 45.6 Å². The maximum atomic E-state index is 6.63. The zero-order valence-corrected chi connectivity index (χ0v) is 11.2. The molecule has 1 fully saturated rings. The van der Waals surface area contributed by atoms with Crippen molar-refractivity contribution in [2.75, 3.05) is 0 Å². The molecule has 0 spiro atoms.